The summed E-state index contributed by atoms with van der Waals surface area (Å²) in [5.74, 6) is -1.07. The van der Waals surface area contributed by atoms with Crippen LogP contribution in [0.1, 0.15) is 33.1 Å². The molecule has 2 unspecified atom stereocenters. The maximum absolute atomic E-state index is 12.0. The summed E-state index contributed by atoms with van der Waals surface area (Å²) in [5, 5.41) is 8.98. The number of carboxylic acid groups (broad SMARTS) is 1. The second kappa shape index (κ2) is 5.30. The molecule has 0 aromatic heterocycles. The van der Waals surface area contributed by atoms with Crippen molar-refractivity contribution >= 4 is 11.9 Å². The van der Waals surface area contributed by atoms with Crippen LogP contribution in [-0.4, -0.2) is 40.5 Å². The monoisotopic (exact) mass is 228 g/mol. The van der Waals surface area contributed by atoms with Crippen LogP contribution >= 0.6 is 0 Å². The Morgan fingerprint density at radius 2 is 2.19 bits per heavy atom. The van der Waals surface area contributed by atoms with E-state index in [-0.39, 0.29) is 11.8 Å². The Morgan fingerprint density at radius 1 is 1.56 bits per heavy atom. The molecule has 0 bridgehead atoms. The Morgan fingerprint density at radius 3 is 2.69 bits per heavy atom. The van der Waals surface area contributed by atoms with Gasteiger partial charge >= 0.3 is 5.97 Å². The van der Waals surface area contributed by atoms with E-state index in [0.29, 0.717) is 13.0 Å². The van der Waals surface area contributed by atoms with Crippen molar-refractivity contribution in [2.75, 3.05) is 6.54 Å². The highest BCUT2D eigenvalue weighted by Gasteiger charge is 2.36. The fourth-order valence-electron chi connectivity index (χ4n) is 1.98. The summed E-state index contributed by atoms with van der Waals surface area (Å²) in [6.45, 7) is 4.39. The van der Waals surface area contributed by atoms with Crippen molar-refractivity contribution in [1.29, 1.82) is 0 Å². The summed E-state index contributed by atoms with van der Waals surface area (Å²) in [4.78, 5) is 24.4. The molecule has 5 nitrogen and oxygen atoms in total. The minimum atomic E-state index is -0.929. The van der Waals surface area contributed by atoms with Crippen molar-refractivity contribution in [1.82, 2.24) is 4.90 Å². The van der Waals surface area contributed by atoms with E-state index in [2.05, 4.69) is 0 Å². The second-order valence-electron chi connectivity index (χ2n) is 4.44. The van der Waals surface area contributed by atoms with Crippen LogP contribution in [0.5, 0.6) is 0 Å². The maximum atomic E-state index is 12.0. The minimum Gasteiger partial charge on any atom is -0.480 e. The SMILES string of the molecule is CCC(C)C(N)C(=O)N1CCC[C@@H]1C(=O)O. The van der Waals surface area contributed by atoms with Crippen LogP contribution < -0.4 is 5.73 Å². The predicted molar refractivity (Wildman–Crippen MR) is 59.8 cm³/mol. The van der Waals surface area contributed by atoms with Crippen molar-refractivity contribution < 1.29 is 14.7 Å². The van der Waals surface area contributed by atoms with Crippen LogP contribution in [-0.2, 0) is 9.59 Å². The lowest BCUT2D eigenvalue weighted by molar-refractivity contribution is -0.149. The third kappa shape index (κ3) is 2.52. The molecule has 1 fully saturated rings. The molecule has 5 heteroatoms. The molecule has 3 N–H and O–H groups in total. The molecule has 0 aromatic carbocycles. The zero-order valence-electron chi connectivity index (χ0n) is 9.85. The van der Waals surface area contributed by atoms with E-state index in [1.54, 1.807) is 0 Å². The summed E-state index contributed by atoms with van der Waals surface area (Å²) in [6, 6.07) is -1.26. The van der Waals surface area contributed by atoms with Gasteiger partial charge < -0.3 is 15.7 Å². The van der Waals surface area contributed by atoms with Gasteiger partial charge in [0.25, 0.3) is 0 Å². The quantitative estimate of drug-likeness (QED) is 0.731. The van der Waals surface area contributed by atoms with Crippen molar-refractivity contribution in [3.63, 3.8) is 0 Å². The van der Waals surface area contributed by atoms with E-state index in [4.69, 9.17) is 10.8 Å². The van der Waals surface area contributed by atoms with Gasteiger partial charge in [0.15, 0.2) is 0 Å². The van der Waals surface area contributed by atoms with Crippen molar-refractivity contribution in [2.45, 2.75) is 45.2 Å². The number of carbonyl (C=O) groups excluding carboxylic acids is 1. The number of hydrogen-bond donors (Lipinski definition) is 2. The molecule has 1 aliphatic heterocycles. The first kappa shape index (κ1) is 13.0. The fraction of sp³-hybridized carbons (Fsp3) is 0.818. The summed E-state index contributed by atoms with van der Waals surface area (Å²) < 4.78 is 0. The molecule has 1 saturated heterocycles. The maximum Gasteiger partial charge on any atom is 0.326 e. The van der Waals surface area contributed by atoms with Crippen molar-refractivity contribution in [3.8, 4) is 0 Å². The lowest BCUT2D eigenvalue weighted by atomic mass is 9.98. The summed E-state index contributed by atoms with van der Waals surface area (Å²) in [6.07, 6.45) is 2.10. The molecule has 1 amide bonds. The molecule has 16 heavy (non-hydrogen) atoms. The number of nitrogens with zero attached hydrogens (tertiary/aromatic N) is 1. The molecule has 0 saturated carbocycles. The van der Waals surface area contributed by atoms with Crippen LogP contribution in [0.4, 0.5) is 0 Å². The number of carboxylic acids is 1. The van der Waals surface area contributed by atoms with E-state index >= 15 is 0 Å². The molecular weight excluding hydrogens is 208 g/mol. The van der Waals surface area contributed by atoms with Gasteiger partial charge in [0.1, 0.15) is 6.04 Å². The van der Waals surface area contributed by atoms with Gasteiger partial charge in [0.05, 0.1) is 6.04 Å². The predicted octanol–water partition coefficient (Wildman–Crippen LogP) is 0.435. The zero-order valence-corrected chi connectivity index (χ0v) is 9.85. The smallest absolute Gasteiger partial charge is 0.326 e. The van der Waals surface area contributed by atoms with Crippen LogP contribution in [0, 0.1) is 5.92 Å². The fourth-order valence-corrected chi connectivity index (χ4v) is 1.98. The Labute approximate surface area is 95.6 Å². The van der Waals surface area contributed by atoms with E-state index in [1.165, 1.54) is 4.90 Å². The number of aliphatic carboxylic acids is 1. The topological polar surface area (TPSA) is 83.6 Å². The number of carbonyl (C=O) groups is 2. The molecule has 0 aromatic rings. The molecular formula is C11H20N2O3. The Bertz CT molecular complexity index is 280. The van der Waals surface area contributed by atoms with E-state index < -0.39 is 18.1 Å². The van der Waals surface area contributed by atoms with Gasteiger partial charge in [-0.2, -0.15) is 0 Å². The largest absolute Gasteiger partial charge is 0.480 e. The molecule has 3 atom stereocenters. The first-order valence-electron chi connectivity index (χ1n) is 5.77. The lowest BCUT2D eigenvalue weighted by Gasteiger charge is -2.27. The van der Waals surface area contributed by atoms with E-state index in [9.17, 15) is 9.59 Å². The number of hydrogen-bond acceptors (Lipinski definition) is 3. The van der Waals surface area contributed by atoms with Crippen LogP contribution in [0.25, 0.3) is 0 Å². The van der Waals surface area contributed by atoms with Gasteiger partial charge in [-0.05, 0) is 18.8 Å². The summed E-state index contributed by atoms with van der Waals surface area (Å²) in [5.41, 5.74) is 5.83. The summed E-state index contributed by atoms with van der Waals surface area (Å²) >= 11 is 0. The highest BCUT2D eigenvalue weighted by atomic mass is 16.4. The van der Waals surface area contributed by atoms with Gasteiger partial charge in [0.2, 0.25) is 5.91 Å². The number of likely N-dealkylation sites (tertiary alicyclic amines) is 1. The lowest BCUT2D eigenvalue weighted by Crippen LogP contribution is -2.50. The zero-order chi connectivity index (χ0) is 12.3. The molecule has 0 aliphatic carbocycles. The number of nitrogens with two attached hydrogens (primary N) is 1. The standard InChI is InChI=1S/C11H20N2O3/c1-3-7(2)9(12)10(14)13-6-4-5-8(13)11(15)16/h7-9H,3-6,12H2,1-2H3,(H,15,16)/t7?,8-,9?/m1/s1. The van der Waals surface area contributed by atoms with Crippen LogP contribution in [0.2, 0.25) is 0 Å². The van der Waals surface area contributed by atoms with Gasteiger partial charge in [-0.1, -0.05) is 20.3 Å². The molecule has 92 valence electrons. The van der Waals surface area contributed by atoms with E-state index in [1.807, 2.05) is 13.8 Å². The van der Waals surface area contributed by atoms with Gasteiger partial charge in [-0.25, -0.2) is 4.79 Å². The minimum absolute atomic E-state index is 0.0857. The Balaban J connectivity index is 2.69. The van der Waals surface area contributed by atoms with Gasteiger partial charge in [0, 0.05) is 6.54 Å². The first-order valence-corrected chi connectivity index (χ1v) is 5.77. The van der Waals surface area contributed by atoms with Crippen molar-refractivity contribution in [3.05, 3.63) is 0 Å². The molecule has 1 aliphatic rings. The average molecular weight is 228 g/mol. The van der Waals surface area contributed by atoms with Crippen LogP contribution in [0.3, 0.4) is 0 Å². The molecule has 0 radical (unpaired) electrons. The highest BCUT2D eigenvalue weighted by molar-refractivity contribution is 5.87. The second-order valence-corrected chi connectivity index (χ2v) is 4.44. The number of amides is 1. The van der Waals surface area contributed by atoms with Crippen LogP contribution in [0.15, 0.2) is 0 Å². The molecule has 0 spiro atoms. The Hall–Kier alpha value is -1.10. The third-order valence-electron chi connectivity index (χ3n) is 3.36. The highest BCUT2D eigenvalue weighted by Crippen LogP contribution is 2.20. The first-order chi connectivity index (χ1) is 7.49. The molecule has 1 heterocycles. The Kier molecular flexibility index (Phi) is 4.29. The van der Waals surface area contributed by atoms with Gasteiger partial charge in [-0.3, -0.25) is 4.79 Å². The summed E-state index contributed by atoms with van der Waals surface area (Å²) in [7, 11) is 0. The average Bonchev–Trinajstić information content (AvgIpc) is 2.74. The third-order valence-corrected chi connectivity index (χ3v) is 3.36. The van der Waals surface area contributed by atoms with Crippen molar-refractivity contribution in [2.24, 2.45) is 11.7 Å². The van der Waals surface area contributed by atoms with E-state index in [0.717, 1.165) is 12.8 Å². The number of rotatable bonds is 4. The molecule has 1 rings (SSSR count). The normalized spacial score (nSPS) is 24.2. The van der Waals surface area contributed by atoms with Gasteiger partial charge in [-0.15, -0.1) is 0 Å².